The largest absolute Gasteiger partial charge is 0.357 e. The van der Waals surface area contributed by atoms with Crippen molar-refractivity contribution in [3.8, 4) is 0 Å². The van der Waals surface area contributed by atoms with Gasteiger partial charge in [0.2, 0.25) is 0 Å². The topological polar surface area (TPSA) is 58.7 Å². The number of benzene rings is 1. The fourth-order valence-corrected chi connectivity index (χ4v) is 1.56. The second-order valence-corrected chi connectivity index (χ2v) is 3.90. The highest BCUT2D eigenvalue weighted by molar-refractivity contribution is 6.30. The molecule has 84 valence electrons. The molecule has 0 bridgehead atoms. The molecule has 0 unspecified atom stereocenters. The molecule has 1 aromatic carbocycles. The lowest BCUT2D eigenvalue weighted by Crippen LogP contribution is -2.26. The van der Waals surface area contributed by atoms with Crippen molar-refractivity contribution in [1.29, 1.82) is 0 Å². The smallest absolute Gasteiger partial charge is 0.252 e. The van der Waals surface area contributed by atoms with Crippen molar-refractivity contribution in [3.63, 3.8) is 0 Å². The average molecular weight is 240 g/mol. The summed E-state index contributed by atoms with van der Waals surface area (Å²) in [5, 5.41) is 3.00. The van der Waals surface area contributed by atoms with Gasteiger partial charge in [-0.15, -0.1) is 0 Å². The summed E-state index contributed by atoms with van der Waals surface area (Å²) in [6, 6.07) is 6.50. The van der Waals surface area contributed by atoms with Crippen molar-refractivity contribution in [2.75, 3.05) is 7.05 Å². The SMILES string of the molecule is CNC(=O)[C@H]1O[C@@H]1C(=O)c1ccc(Cl)cc1. The third-order valence-corrected chi connectivity index (χ3v) is 2.64. The van der Waals surface area contributed by atoms with Gasteiger partial charge in [-0.3, -0.25) is 9.59 Å². The van der Waals surface area contributed by atoms with Gasteiger partial charge >= 0.3 is 0 Å². The Bertz CT molecular complexity index is 429. The summed E-state index contributed by atoms with van der Waals surface area (Å²) in [4.78, 5) is 23.0. The van der Waals surface area contributed by atoms with E-state index in [9.17, 15) is 9.59 Å². The van der Waals surface area contributed by atoms with Crippen LogP contribution in [0.25, 0.3) is 0 Å². The first-order valence-corrected chi connectivity index (χ1v) is 5.18. The van der Waals surface area contributed by atoms with Crippen molar-refractivity contribution in [2.45, 2.75) is 12.2 Å². The summed E-state index contributed by atoms with van der Waals surface area (Å²) in [6.45, 7) is 0. The number of carbonyl (C=O) groups excluding carboxylic acids is 2. The molecule has 0 saturated carbocycles. The molecule has 0 aliphatic carbocycles. The van der Waals surface area contributed by atoms with Gasteiger partial charge in [-0.05, 0) is 24.3 Å². The molecule has 1 aromatic rings. The van der Waals surface area contributed by atoms with Crippen LogP contribution in [0.3, 0.4) is 0 Å². The lowest BCUT2D eigenvalue weighted by Gasteiger charge is -1.97. The molecule has 1 aliphatic rings. The Morgan fingerprint density at radius 2 is 1.88 bits per heavy atom. The van der Waals surface area contributed by atoms with Crippen LogP contribution in [0.1, 0.15) is 10.4 Å². The highest BCUT2D eigenvalue weighted by Gasteiger charge is 2.49. The molecular formula is C11H10ClNO3. The van der Waals surface area contributed by atoms with Crippen LogP contribution in [0, 0.1) is 0 Å². The zero-order valence-electron chi connectivity index (χ0n) is 8.57. The Morgan fingerprint density at radius 3 is 2.44 bits per heavy atom. The lowest BCUT2D eigenvalue weighted by atomic mass is 10.1. The van der Waals surface area contributed by atoms with Gasteiger partial charge < -0.3 is 10.1 Å². The van der Waals surface area contributed by atoms with Crippen molar-refractivity contribution in [2.24, 2.45) is 0 Å². The number of amides is 1. The Labute approximate surface area is 97.5 Å². The van der Waals surface area contributed by atoms with Gasteiger partial charge in [-0.2, -0.15) is 0 Å². The van der Waals surface area contributed by atoms with E-state index in [-0.39, 0.29) is 11.7 Å². The number of hydrogen-bond donors (Lipinski definition) is 1. The molecule has 2 rings (SSSR count). The van der Waals surface area contributed by atoms with Gasteiger partial charge in [0.25, 0.3) is 5.91 Å². The summed E-state index contributed by atoms with van der Waals surface area (Å²) < 4.78 is 5.02. The van der Waals surface area contributed by atoms with Gasteiger partial charge in [0.1, 0.15) is 0 Å². The van der Waals surface area contributed by atoms with Crippen molar-refractivity contribution in [3.05, 3.63) is 34.9 Å². The number of ketones is 1. The zero-order valence-corrected chi connectivity index (χ0v) is 9.32. The van der Waals surface area contributed by atoms with E-state index < -0.39 is 12.2 Å². The number of halogens is 1. The molecule has 1 aliphatic heterocycles. The minimum Gasteiger partial charge on any atom is -0.357 e. The molecule has 5 heteroatoms. The van der Waals surface area contributed by atoms with Gasteiger partial charge in [0, 0.05) is 17.6 Å². The molecule has 4 nitrogen and oxygen atoms in total. The summed E-state index contributed by atoms with van der Waals surface area (Å²) >= 11 is 5.71. The minimum atomic E-state index is -0.652. The predicted octanol–water partition coefficient (Wildman–Crippen LogP) is 1.04. The normalized spacial score (nSPS) is 22.6. The first-order valence-electron chi connectivity index (χ1n) is 4.80. The first kappa shape index (κ1) is 11.1. The van der Waals surface area contributed by atoms with E-state index in [2.05, 4.69) is 5.32 Å². The molecule has 0 spiro atoms. The molecule has 16 heavy (non-hydrogen) atoms. The second-order valence-electron chi connectivity index (χ2n) is 3.46. The Morgan fingerprint density at radius 1 is 1.25 bits per heavy atom. The van der Waals surface area contributed by atoms with Crippen LogP contribution < -0.4 is 5.32 Å². The van der Waals surface area contributed by atoms with E-state index >= 15 is 0 Å². The highest BCUT2D eigenvalue weighted by Crippen LogP contribution is 2.26. The molecule has 0 radical (unpaired) electrons. The molecule has 1 heterocycles. The molecular weight excluding hydrogens is 230 g/mol. The quantitative estimate of drug-likeness (QED) is 0.633. The van der Waals surface area contributed by atoms with Gasteiger partial charge in [-0.1, -0.05) is 11.6 Å². The van der Waals surface area contributed by atoms with Crippen LogP contribution in [-0.4, -0.2) is 30.9 Å². The maximum atomic E-state index is 11.8. The van der Waals surface area contributed by atoms with E-state index in [0.717, 1.165) is 0 Å². The standard InChI is InChI=1S/C11H10ClNO3/c1-13-11(15)10-9(16-10)8(14)6-2-4-7(12)5-3-6/h2-5,9-10H,1H3,(H,13,15)/t9-,10+/m1/s1. The van der Waals surface area contributed by atoms with Crippen LogP contribution in [-0.2, 0) is 9.53 Å². The monoisotopic (exact) mass is 239 g/mol. The predicted molar refractivity (Wildman–Crippen MR) is 58.5 cm³/mol. The molecule has 0 aromatic heterocycles. The minimum absolute atomic E-state index is 0.190. The van der Waals surface area contributed by atoms with E-state index in [0.29, 0.717) is 10.6 Å². The van der Waals surface area contributed by atoms with Gasteiger partial charge in [-0.25, -0.2) is 0 Å². The molecule has 1 amide bonds. The Kier molecular flexibility index (Phi) is 2.94. The van der Waals surface area contributed by atoms with Crippen LogP contribution in [0.5, 0.6) is 0 Å². The number of carbonyl (C=O) groups is 2. The number of Topliss-reactive ketones (excluding diaryl/α,β-unsaturated/α-hetero) is 1. The van der Waals surface area contributed by atoms with Crippen LogP contribution in [0.15, 0.2) is 24.3 Å². The third-order valence-electron chi connectivity index (χ3n) is 2.38. The summed E-state index contributed by atoms with van der Waals surface area (Å²) in [6.07, 6.45) is -1.30. The average Bonchev–Trinajstić information content (AvgIpc) is 3.08. The maximum Gasteiger partial charge on any atom is 0.252 e. The fraction of sp³-hybridized carbons (Fsp3) is 0.273. The van der Waals surface area contributed by atoms with Crippen molar-refractivity contribution in [1.82, 2.24) is 5.32 Å². The number of rotatable bonds is 3. The fourth-order valence-electron chi connectivity index (χ4n) is 1.43. The summed E-state index contributed by atoms with van der Waals surface area (Å²) in [7, 11) is 1.51. The van der Waals surface area contributed by atoms with E-state index in [1.165, 1.54) is 7.05 Å². The number of hydrogen-bond acceptors (Lipinski definition) is 3. The van der Waals surface area contributed by atoms with E-state index in [4.69, 9.17) is 16.3 Å². The van der Waals surface area contributed by atoms with E-state index in [1.54, 1.807) is 24.3 Å². The summed E-state index contributed by atoms with van der Waals surface area (Å²) in [5.41, 5.74) is 0.501. The molecule has 1 fully saturated rings. The van der Waals surface area contributed by atoms with E-state index in [1.807, 2.05) is 0 Å². The first-order chi connectivity index (χ1) is 7.63. The third kappa shape index (κ3) is 2.08. The summed E-state index contributed by atoms with van der Waals surface area (Å²) in [5.74, 6) is -0.461. The Hall–Kier alpha value is -1.39. The van der Waals surface area contributed by atoms with Crippen molar-refractivity contribution < 1.29 is 14.3 Å². The molecule has 1 N–H and O–H groups in total. The van der Waals surface area contributed by atoms with Crippen LogP contribution in [0.2, 0.25) is 5.02 Å². The maximum absolute atomic E-state index is 11.8. The molecule has 2 atom stereocenters. The lowest BCUT2D eigenvalue weighted by molar-refractivity contribution is -0.121. The highest BCUT2D eigenvalue weighted by atomic mass is 35.5. The van der Waals surface area contributed by atoms with Crippen LogP contribution in [0.4, 0.5) is 0 Å². The molecule has 1 saturated heterocycles. The van der Waals surface area contributed by atoms with Gasteiger partial charge in [0.05, 0.1) is 0 Å². The van der Waals surface area contributed by atoms with Crippen molar-refractivity contribution >= 4 is 23.3 Å². The second kappa shape index (κ2) is 4.23. The number of epoxide rings is 1. The Balaban J connectivity index is 2.05. The number of ether oxygens (including phenoxy) is 1. The number of likely N-dealkylation sites (N-methyl/N-ethyl adjacent to an activating group) is 1. The van der Waals surface area contributed by atoms with Crippen LogP contribution >= 0.6 is 11.6 Å². The number of nitrogens with one attached hydrogen (secondary N) is 1. The van der Waals surface area contributed by atoms with Gasteiger partial charge in [0.15, 0.2) is 18.0 Å². The zero-order chi connectivity index (χ0) is 11.7.